The molecule has 128 valence electrons. The Kier molecular flexibility index (Phi) is 3.69. The Balaban J connectivity index is 1.67. The topological polar surface area (TPSA) is 91.4 Å². The van der Waals surface area contributed by atoms with E-state index in [0.29, 0.717) is 0 Å². The predicted octanol–water partition coefficient (Wildman–Crippen LogP) is 0.915. The van der Waals surface area contributed by atoms with Gasteiger partial charge in [0.15, 0.2) is 0 Å². The van der Waals surface area contributed by atoms with Crippen LogP contribution in [0.4, 0.5) is 18.0 Å². The lowest BCUT2D eigenvalue weighted by molar-refractivity contribution is -0.141. The first-order valence-electron chi connectivity index (χ1n) is 7.17. The number of hydrogen-bond acceptors (Lipinski definition) is 4. The molecule has 0 unspecified atom stereocenters. The van der Waals surface area contributed by atoms with Gasteiger partial charge in [-0.15, -0.1) is 0 Å². The van der Waals surface area contributed by atoms with Crippen molar-refractivity contribution in [2.45, 2.75) is 24.6 Å². The second kappa shape index (κ2) is 5.46. The molecule has 2 aliphatic rings. The number of alkyl halides is 3. The summed E-state index contributed by atoms with van der Waals surface area (Å²) in [5.74, 6) is -0.883. The highest BCUT2D eigenvalue weighted by atomic mass is 19.4. The molecule has 4 amide bonds. The van der Waals surface area contributed by atoms with Crippen LogP contribution in [0.15, 0.2) is 18.3 Å². The Hall–Kier alpha value is -2.65. The van der Waals surface area contributed by atoms with Crippen molar-refractivity contribution in [1.82, 2.24) is 20.5 Å². The van der Waals surface area contributed by atoms with Gasteiger partial charge >= 0.3 is 12.2 Å². The Morgan fingerprint density at radius 1 is 1.21 bits per heavy atom. The predicted molar refractivity (Wildman–Crippen MR) is 73.8 cm³/mol. The Labute approximate surface area is 134 Å². The summed E-state index contributed by atoms with van der Waals surface area (Å²) in [4.78, 5) is 40.1. The second-order valence-corrected chi connectivity index (χ2v) is 5.71. The van der Waals surface area contributed by atoms with E-state index >= 15 is 0 Å². The summed E-state index contributed by atoms with van der Waals surface area (Å²) >= 11 is 0. The third-order valence-electron chi connectivity index (χ3n) is 4.22. The lowest BCUT2D eigenvalue weighted by Crippen LogP contribution is -2.55. The van der Waals surface area contributed by atoms with E-state index in [1.165, 1.54) is 4.90 Å². The number of nitrogens with one attached hydrogen (secondary N) is 2. The van der Waals surface area contributed by atoms with Crippen molar-refractivity contribution in [3.05, 3.63) is 29.6 Å². The number of nitrogens with zero attached hydrogens (tertiary/aromatic N) is 2. The van der Waals surface area contributed by atoms with Crippen molar-refractivity contribution >= 4 is 17.8 Å². The zero-order chi connectivity index (χ0) is 17.5. The van der Waals surface area contributed by atoms with Crippen molar-refractivity contribution in [3.63, 3.8) is 0 Å². The normalized spacial score (nSPS) is 20.0. The molecular weight excluding hydrogens is 329 g/mol. The summed E-state index contributed by atoms with van der Waals surface area (Å²) in [6, 6.07) is 1.27. The smallest absolute Gasteiger partial charge is 0.338 e. The molecule has 1 aromatic rings. The van der Waals surface area contributed by atoms with Crippen molar-refractivity contribution in [1.29, 1.82) is 0 Å². The van der Waals surface area contributed by atoms with Crippen LogP contribution in [0.25, 0.3) is 0 Å². The molecule has 1 aromatic heterocycles. The van der Waals surface area contributed by atoms with Crippen LogP contribution in [0, 0.1) is 0 Å². The number of likely N-dealkylation sites (tertiary alicyclic amines) is 1. The number of hydrogen-bond donors (Lipinski definition) is 2. The van der Waals surface area contributed by atoms with Gasteiger partial charge in [-0.05, 0) is 25.0 Å². The molecule has 3 heterocycles. The number of imide groups is 1. The van der Waals surface area contributed by atoms with Crippen LogP contribution in [0.3, 0.4) is 0 Å². The Morgan fingerprint density at radius 3 is 2.33 bits per heavy atom. The van der Waals surface area contributed by atoms with Crippen LogP contribution >= 0.6 is 0 Å². The number of piperidine rings is 1. The molecule has 0 radical (unpaired) electrons. The fraction of sp³-hybridized carbons (Fsp3) is 0.429. The summed E-state index contributed by atoms with van der Waals surface area (Å²) < 4.78 is 37.4. The molecule has 24 heavy (non-hydrogen) atoms. The number of urea groups is 1. The highest BCUT2D eigenvalue weighted by molar-refractivity contribution is 6.07. The van der Waals surface area contributed by atoms with Gasteiger partial charge in [0.2, 0.25) is 0 Å². The van der Waals surface area contributed by atoms with Gasteiger partial charge in [-0.2, -0.15) is 13.2 Å². The van der Waals surface area contributed by atoms with Gasteiger partial charge in [-0.3, -0.25) is 19.9 Å². The van der Waals surface area contributed by atoms with Crippen LogP contribution < -0.4 is 10.6 Å². The Morgan fingerprint density at radius 2 is 1.88 bits per heavy atom. The van der Waals surface area contributed by atoms with E-state index in [4.69, 9.17) is 0 Å². The van der Waals surface area contributed by atoms with Crippen LogP contribution in [0.2, 0.25) is 0 Å². The number of carbonyl (C=O) groups is 3. The molecule has 3 rings (SSSR count). The molecule has 2 fully saturated rings. The fourth-order valence-electron chi connectivity index (χ4n) is 2.84. The van der Waals surface area contributed by atoms with Gasteiger partial charge in [-0.25, -0.2) is 4.79 Å². The number of amides is 4. The summed E-state index contributed by atoms with van der Waals surface area (Å²) in [7, 11) is 0. The summed E-state index contributed by atoms with van der Waals surface area (Å²) in [6.07, 6.45) is -3.19. The molecule has 0 bridgehead atoms. The molecule has 2 aliphatic heterocycles. The molecule has 0 atom stereocenters. The number of rotatable bonds is 1. The molecular formula is C14H13F3N4O3. The van der Waals surface area contributed by atoms with Crippen LogP contribution in [-0.2, 0) is 11.0 Å². The van der Waals surface area contributed by atoms with E-state index in [1.807, 2.05) is 0 Å². The maximum Gasteiger partial charge on any atom is 0.433 e. The lowest BCUT2D eigenvalue weighted by atomic mass is 9.87. The summed E-state index contributed by atoms with van der Waals surface area (Å²) in [6.45, 7) is 0.404. The van der Waals surface area contributed by atoms with E-state index in [0.717, 1.165) is 18.3 Å². The molecule has 0 aliphatic carbocycles. The maximum atomic E-state index is 12.5. The molecule has 2 N–H and O–H groups in total. The fourth-order valence-corrected chi connectivity index (χ4v) is 2.84. The SMILES string of the molecule is O=C1NC(=O)C2(CCN(C(=O)c3ccc(C(F)(F)F)nc3)CC2)N1. The monoisotopic (exact) mass is 342 g/mol. The minimum atomic E-state index is -4.56. The molecule has 7 nitrogen and oxygen atoms in total. The molecule has 2 saturated heterocycles. The first-order valence-corrected chi connectivity index (χ1v) is 7.17. The number of carbonyl (C=O) groups excluding carboxylic acids is 3. The van der Waals surface area contributed by atoms with Gasteiger partial charge in [-0.1, -0.05) is 0 Å². The van der Waals surface area contributed by atoms with Crippen molar-refractivity contribution in [2.75, 3.05) is 13.1 Å². The van der Waals surface area contributed by atoms with E-state index in [-0.39, 0.29) is 31.5 Å². The first kappa shape index (κ1) is 16.2. The van der Waals surface area contributed by atoms with E-state index < -0.39 is 35.3 Å². The highest BCUT2D eigenvalue weighted by Gasteiger charge is 2.48. The van der Waals surface area contributed by atoms with E-state index in [2.05, 4.69) is 15.6 Å². The standard InChI is InChI=1S/C14H13F3N4O3/c15-14(16,17)9-2-1-8(7-18-9)10(22)21-5-3-13(4-6-21)11(23)19-12(24)20-13/h1-2,7H,3-6H2,(H2,19,20,23,24). The quantitative estimate of drug-likeness (QED) is 0.743. The number of aromatic nitrogens is 1. The van der Waals surface area contributed by atoms with Gasteiger partial charge in [0.05, 0.1) is 5.56 Å². The van der Waals surface area contributed by atoms with Crippen molar-refractivity contribution in [3.8, 4) is 0 Å². The summed E-state index contributed by atoms with van der Waals surface area (Å²) in [5.41, 5.74) is -2.03. The van der Waals surface area contributed by atoms with E-state index in [1.54, 1.807) is 0 Å². The van der Waals surface area contributed by atoms with Gasteiger partial charge in [0.1, 0.15) is 11.2 Å². The minimum Gasteiger partial charge on any atom is -0.338 e. The van der Waals surface area contributed by atoms with Crippen LogP contribution in [-0.4, -0.2) is 46.4 Å². The maximum absolute atomic E-state index is 12.5. The second-order valence-electron chi connectivity index (χ2n) is 5.71. The summed E-state index contributed by atoms with van der Waals surface area (Å²) in [5, 5.41) is 4.73. The molecule has 10 heteroatoms. The van der Waals surface area contributed by atoms with Crippen molar-refractivity contribution < 1.29 is 27.6 Å². The largest absolute Gasteiger partial charge is 0.433 e. The zero-order valence-corrected chi connectivity index (χ0v) is 12.3. The molecule has 0 aromatic carbocycles. The number of pyridine rings is 1. The lowest BCUT2D eigenvalue weighted by Gasteiger charge is -2.36. The van der Waals surface area contributed by atoms with E-state index in [9.17, 15) is 27.6 Å². The highest BCUT2D eigenvalue weighted by Crippen LogP contribution is 2.28. The average Bonchev–Trinajstić information content (AvgIpc) is 2.80. The Bertz CT molecular complexity index is 694. The zero-order valence-electron chi connectivity index (χ0n) is 12.3. The van der Waals surface area contributed by atoms with Crippen molar-refractivity contribution in [2.24, 2.45) is 0 Å². The van der Waals surface area contributed by atoms with Crippen LogP contribution in [0.5, 0.6) is 0 Å². The van der Waals surface area contributed by atoms with Gasteiger partial charge in [0, 0.05) is 19.3 Å². The molecule has 1 spiro atoms. The number of halogens is 3. The molecule has 0 saturated carbocycles. The average molecular weight is 342 g/mol. The first-order chi connectivity index (χ1) is 11.2. The third kappa shape index (κ3) is 2.79. The minimum absolute atomic E-state index is 0.0406. The van der Waals surface area contributed by atoms with Crippen LogP contribution in [0.1, 0.15) is 28.9 Å². The van der Waals surface area contributed by atoms with Gasteiger partial charge in [0.25, 0.3) is 11.8 Å². The van der Waals surface area contributed by atoms with Gasteiger partial charge < -0.3 is 10.2 Å². The third-order valence-corrected chi connectivity index (χ3v) is 4.22.